The smallest absolute Gasteiger partial charge is 0.239 e. The minimum absolute atomic E-state index is 0.000907. The standard InChI is InChI=1S/C17H31N3O2/c1-3-18-8-4-6-15(18)16-7-5-9-20(16)17(21)14(2)19-10-12-22-13-11-19/h14-16H,3-13H2,1-2H3. The van der Waals surface area contributed by atoms with Gasteiger partial charge in [-0.2, -0.15) is 0 Å². The molecule has 3 aliphatic heterocycles. The second kappa shape index (κ2) is 7.28. The van der Waals surface area contributed by atoms with Crippen LogP contribution in [0.4, 0.5) is 0 Å². The van der Waals surface area contributed by atoms with Gasteiger partial charge < -0.3 is 9.64 Å². The van der Waals surface area contributed by atoms with Crippen LogP contribution in [0.5, 0.6) is 0 Å². The minimum Gasteiger partial charge on any atom is -0.379 e. The molecule has 3 fully saturated rings. The maximum absolute atomic E-state index is 13.0. The summed E-state index contributed by atoms with van der Waals surface area (Å²) in [4.78, 5) is 20.1. The molecular weight excluding hydrogens is 278 g/mol. The molecule has 0 aromatic carbocycles. The van der Waals surface area contributed by atoms with Crippen molar-refractivity contribution in [2.75, 3.05) is 45.9 Å². The van der Waals surface area contributed by atoms with Crippen molar-refractivity contribution in [3.05, 3.63) is 0 Å². The predicted molar refractivity (Wildman–Crippen MR) is 86.9 cm³/mol. The molecule has 3 saturated heterocycles. The maximum atomic E-state index is 13.0. The number of likely N-dealkylation sites (tertiary alicyclic amines) is 2. The fourth-order valence-electron chi connectivity index (χ4n) is 4.51. The number of likely N-dealkylation sites (N-methyl/N-ethyl adjacent to an activating group) is 1. The van der Waals surface area contributed by atoms with E-state index in [0.717, 1.165) is 39.4 Å². The van der Waals surface area contributed by atoms with Gasteiger partial charge in [0.05, 0.1) is 19.3 Å². The highest BCUT2D eigenvalue weighted by atomic mass is 16.5. The fourth-order valence-corrected chi connectivity index (χ4v) is 4.51. The molecule has 22 heavy (non-hydrogen) atoms. The number of hydrogen-bond donors (Lipinski definition) is 0. The summed E-state index contributed by atoms with van der Waals surface area (Å²) in [5.74, 6) is 0.340. The van der Waals surface area contributed by atoms with Gasteiger partial charge in [0.15, 0.2) is 0 Å². The molecule has 3 aliphatic rings. The molecular formula is C17H31N3O2. The average Bonchev–Trinajstić information content (AvgIpc) is 3.22. The summed E-state index contributed by atoms with van der Waals surface area (Å²) in [6.45, 7) is 10.9. The summed E-state index contributed by atoms with van der Waals surface area (Å²) in [5.41, 5.74) is 0. The van der Waals surface area contributed by atoms with Crippen molar-refractivity contribution in [3.8, 4) is 0 Å². The highest BCUT2D eigenvalue weighted by molar-refractivity contribution is 5.82. The van der Waals surface area contributed by atoms with Gasteiger partial charge in [0.2, 0.25) is 5.91 Å². The molecule has 0 spiro atoms. The lowest BCUT2D eigenvalue weighted by molar-refractivity contribution is -0.139. The molecule has 0 N–H and O–H groups in total. The Balaban J connectivity index is 1.65. The van der Waals surface area contributed by atoms with Gasteiger partial charge in [-0.3, -0.25) is 14.6 Å². The van der Waals surface area contributed by atoms with Gasteiger partial charge >= 0.3 is 0 Å². The molecule has 5 nitrogen and oxygen atoms in total. The van der Waals surface area contributed by atoms with Crippen LogP contribution in [0.1, 0.15) is 39.5 Å². The molecule has 0 aromatic heterocycles. The van der Waals surface area contributed by atoms with E-state index in [-0.39, 0.29) is 6.04 Å². The molecule has 0 aromatic rings. The van der Waals surface area contributed by atoms with E-state index >= 15 is 0 Å². The summed E-state index contributed by atoms with van der Waals surface area (Å²) in [6.07, 6.45) is 4.90. The zero-order valence-electron chi connectivity index (χ0n) is 14.2. The normalized spacial score (nSPS) is 32.5. The summed E-state index contributed by atoms with van der Waals surface area (Å²) in [6, 6.07) is 1.03. The van der Waals surface area contributed by atoms with Gasteiger partial charge in [0, 0.05) is 31.7 Å². The first-order valence-electron chi connectivity index (χ1n) is 9.08. The molecule has 3 heterocycles. The van der Waals surface area contributed by atoms with E-state index < -0.39 is 0 Å². The van der Waals surface area contributed by atoms with Crippen LogP contribution in [0, 0.1) is 0 Å². The van der Waals surface area contributed by atoms with Crippen LogP contribution in [-0.4, -0.2) is 84.7 Å². The van der Waals surface area contributed by atoms with Gasteiger partial charge in [0.25, 0.3) is 0 Å². The zero-order chi connectivity index (χ0) is 15.5. The Morgan fingerprint density at radius 3 is 2.50 bits per heavy atom. The van der Waals surface area contributed by atoms with Crippen molar-refractivity contribution >= 4 is 5.91 Å². The summed E-state index contributed by atoms with van der Waals surface area (Å²) >= 11 is 0. The third kappa shape index (κ3) is 3.17. The topological polar surface area (TPSA) is 36.0 Å². The molecule has 3 atom stereocenters. The second-order valence-electron chi connectivity index (χ2n) is 6.90. The number of carbonyl (C=O) groups excluding carboxylic acids is 1. The van der Waals surface area contributed by atoms with Crippen molar-refractivity contribution < 1.29 is 9.53 Å². The van der Waals surface area contributed by atoms with E-state index in [9.17, 15) is 4.79 Å². The number of ether oxygens (including phenoxy) is 1. The van der Waals surface area contributed by atoms with Gasteiger partial charge in [-0.25, -0.2) is 0 Å². The Labute approximate surface area is 134 Å². The Kier molecular flexibility index (Phi) is 5.37. The summed E-state index contributed by atoms with van der Waals surface area (Å²) in [7, 11) is 0. The first kappa shape index (κ1) is 16.2. The molecule has 1 amide bonds. The lowest BCUT2D eigenvalue weighted by Gasteiger charge is -2.38. The van der Waals surface area contributed by atoms with Crippen LogP contribution in [-0.2, 0) is 9.53 Å². The first-order valence-corrected chi connectivity index (χ1v) is 9.08. The third-order valence-corrected chi connectivity index (χ3v) is 5.80. The van der Waals surface area contributed by atoms with Crippen molar-refractivity contribution in [1.82, 2.24) is 14.7 Å². The molecule has 3 rings (SSSR count). The Morgan fingerprint density at radius 2 is 1.77 bits per heavy atom. The number of morpholine rings is 1. The second-order valence-corrected chi connectivity index (χ2v) is 6.90. The van der Waals surface area contributed by atoms with Gasteiger partial charge in [0.1, 0.15) is 0 Å². The first-order chi connectivity index (χ1) is 10.7. The van der Waals surface area contributed by atoms with E-state index in [1.54, 1.807) is 0 Å². The van der Waals surface area contributed by atoms with Crippen LogP contribution in [0.25, 0.3) is 0 Å². The van der Waals surface area contributed by atoms with E-state index in [2.05, 4.69) is 28.5 Å². The number of amides is 1. The van der Waals surface area contributed by atoms with Crippen LogP contribution in [0.3, 0.4) is 0 Å². The largest absolute Gasteiger partial charge is 0.379 e. The van der Waals surface area contributed by atoms with Crippen molar-refractivity contribution in [2.24, 2.45) is 0 Å². The molecule has 0 saturated carbocycles. The Hall–Kier alpha value is -0.650. The van der Waals surface area contributed by atoms with Crippen molar-refractivity contribution in [2.45, 2.75) is 57.7 Å². The SMILES string of the molecule is CCN1CCCC1C1CCCN1C(=O)C(C)N1CCOCC1. The molecule has 5 heteroatoms. The van der Waals surface area contributed by atoms with Gasteiger partial charge in [-0.1, -0.05) is 6.92 Å². The highest BCUT2D eigenvalue weighted by Crippen LogP contribution is 2.30. The molecule has 3 unspecified atom stereocenters. The Bertz CT molecular complexity index is 384. The lowest BCUT2D eigenvalue weighted by Crippen LogP contribution is -2.55. The van der Waals surface area contributed by atoms with Crippen LogP contribution >= 0.6 is 0 Å². The molecule has 0 aliphatic carbocycles. The van der Waals surface area contributed by atoms with Crippen molar-refractivity contribution in [3.63, 3.8) is 0 Å². The molecule has 0 bridgehead atoms. The molecule has 0 radical (unpaired) electrons. The van der Waals surface area contributed by atoms with E-state index in [1.807, 2.05) is 0 Å². The van der Waals surface area contributed by atoms with Crippen LogP contribution in [0.2, 0.25) is 0 Å². The zero-order valence-corrected chi connectivity index (χ0v) is 14.2. The van der Waals surface area contributed by atoms with Crippen LogP contribution in [0.15, 0.2) is 0 Å². The minimum atomic E-state index is 0.000907. The number of hydrogen-bond acceptors (Lipinski definition) is 4. The average molecular weight is 309 g/mol. The number of rotatable bonds is 4. The highest BCUT2D eigenvalue weighted by Gasteiger charge is 2.41. The Morgan fingerprint density at radius 1 is 1.09 bits per heavy atom. The van der Waals surface area contributed by atoms with E-state index in [4.69, 9.17) is 4.74 Å². The maximum Gasteiger partial charge on any atom is 0.239 e. The molecule has 126 valence electrons. The van der Waals surface area contributed by atoms with Gasteiger partial charge in [-0.05, 0) is 45.7 Å². The summed E-state index contributed by atoms with van der Waals surface area (Å²) in [5, 5.41) is 0. The summed E-state index contributed by atoms with van der Waals surface area (Å²) < 4.78 is 5.41. The monoisotopic (exact) mass is 309 g/mol. The number of carbonyl (C=O) groups is 1. The van der Waals surface area contributed by atoms with Gasteiger partial charge in [-0.15, -0.1) is 0 Å². The number of nitrogens with zero attached hydrogens (tertiary/aromatic N) is 3. The van der Waals surface area contributed by atoms with Crippen LogP contribution < -0.4 is 0 Å². The third-order valence-electron chi connectivity index (χ3n) is 5.80. The lowest BCUT2D eigenvalue weighted by atomic mass is 10.0. The fraction of sp³-hybridized carbons (Fsp3) is 0.941. The predicted octanol–water partition coefficient (Wildman–Crippen LogP) is 1.18. The quantitative estimate of drug-likeness (QED) is 0.781. The van der Waals surface area contributed by atoms with Crippen molar-refractivity contribution in [1.29, 1.82) is 0 Å². The van der Waals surface area contributed by atoms with E-state index in [0.29, 0.717) is 18.0 Å². The van der Waals surface area contributed by atoms with E-state index in [1.165, 1.54) is 32.2 Å².